The van der Waals surface area contributed by atoms with Gasteiger partial charge in [-0.05, 0) is 12.1 Å². The number of anilines is 1. The number of nitrogens with one attached hydrogen (secondary N) is 1. The molecular formula is C13H16N4O2S. The molecule has 1 aromatic carbocycles. The van der Waals surface area contributed by atoms with E-state index in [1.165, 1.54) is 11.8 Å². The maximum absolute atomic E-state index is 10.8. The number of nitrogens with zero attached hydrogens (tertiary/aromatic N) is 2. The van der Waals surface area contributed by atoms with Gasteiger partial charge in [0.1, 0.15) is 0 Å². The third kappa shape index (κ3) is 3.99. The first kappa shape index (κ1) is 14.4. The first-order chi connectivity index (χ1) is 9.69. The highest BCUT2D eigenvalue weighted by atomic mass is 32.2. The fourth-order valence-corrected chi connectivity index (χ4v) is 2.33. The van der Waals surface area contributed by atoms with Gasteiger partial charge in [0.2, 0.25) is 11.8 Å². The number of aromatic nitrogens is 2. The van der Waals surface area contributed by atoms with Crippen LogP contribution >= 0.6 is 11.8 Å². The topological polar surface area (TPSA) is 94.0 Å². The molecule has 0 aliphatic heterocycles. The number of rotatable bonds is 7. The number of para-hydroxylation sites is 1. The number of aryl methyl sites for hydroxylation is 1. The van der Waals surface area contributed by atoms with E-state index in [0.29, 0.717) is 18.3 Å². The summed E-state index contributed by atoms with van der Waals surface area (Å²) in [6.07, 6.45) is 0.745. The zero-order chi connectivity index (χ0) is 14.4. The molecule has 0 radical (unpaired) electrons. The van der Waals surface area contributed by atoms with Crippen molar-refractivity contribution in [2.75, 3.05) is 11.1 Å². The van der Waals surface area contributed by atoms with Crippen LogP contribution in [0.5, 0.6) is 0 Å². The van der Waals surface area contributed by atoms with E-state index in [1.807, 2.05) is 31.2 Å². The highest BCUT2D eigenvalue weighted by Crippen LogP contribution is 2.26. The predicted octanol–water partition coefficient (Wildman–Crippen LogP) is 1.82. The van der Waals surface area contributed by atoms with E-state index in [1.54, 1.807) is 0 Å². The lowest BCUT2D eigenvalue weighted by Crippen LogP contribution is -2.13. The Kier molecular flexibility index (Phi) is 5.00. The van der Waals surface area contributed by atoms with Crippen LogP contribution in [0.4, 0.5) is 5.69 Å². The lowest BCUT2D eigenvalue weighted by molar-refractivity contribution is -0.115. The van der Waals surface area contributed by atoms with Crippen molar-refractivity contribution in [2.24, 2.45) is 5.73 Å². The summed E-state index contributed by atoms with van der Waals surface area (Å²) in [6, 6.07) is 7.69. The molecule has 0 bridgehead atoms. The normalized spacial score (nSPS) is 10.4. The molecule has 1 aromatic heterocycles. The molecule has 1 heterocycles. The Morgan fingerprint density at radius 3 is 2.95 bits per heavy atom. The van der Waals surface area contributed by atoms with Crippen LogP contribution in [0.15, 0.2) is 33.7 Å². The van der Waals surface area contributed by atoms with Crippen LogP contribution in [0.2, 0.25) is 0 Å². The van der Waals surface area contributed by atoms with E-state index in [2.05, 4.69) is 15.5 Å². The highest BCUT2D eigenvalue weighted by molar-refractivity contribution is 8.00. The minimum Gasteiger partial charge on any atom is -0.375 e. The molecule has 6 nitrogen and oxygen atoms in total. The smallest absolute Gasteiger partial charge is 0.245 e. The summed E-state index contributed by atoms with van der Waals surface area (Å²) in [5.41, 5.74) is 6.07. The summed E-state index contributed by atoms with van der Waals surface area (Å²) in [5.74, 6) is 1.14. The summed E-state index contributed by atoms with van der Waals surface area (Å²) >= 11 is 1.40. The van der Waals surface area contributed by atoms with Crippen LogP contribution < -0.4 is 11.1 Å². The molecule has 106 valence electrons. The number of amides is 1. The zero-order valence-electron chi connectivity index (χ0n) is 11.1. The Bertz CT molecular complexity index is 585. The third-order valence-corrected chi connectivity index (χ3v) is 3.61. The van der Waals surface area contributed by atoms with Crippen molar-refractivity contribution in [2.45, 2.75) is 24.8 Å². The predicted molar refractivity (Wildman–Crippen MR) is 77.4 cm³/mol. The van der Waals surface area contributed by atoms with Gasteiger partial charge in [0.25, 0.3) is 0 Å². The molecule has 1 amide bonds. The largest absolute Gasteiger partial charge is 0.375 e. The van der Waals surface area contributed by atoms with Gasteiger partial charge in [-0.3, -0.25) is 4.79 Å². The summed E-state index contributed by atoms with van der Waals surface area (Å²) in [6.45, 7) is 2.42. The van der Waals surface area contributed by atoms with Gasteiger partial charge in [-0.1, -0.05) is 24.2 Å². The fraction of sp³-hybridized carbons (Fsp3) is 0.308. The van der Waals surface area contributed by atoms with E-state index in [0.717, 1.165) is 17.0 Å². The molecular weight excluding hydrogens is 276 g/mol. The molecule has 20 heavy (non-hydrogen) atoms. The van der Waals surface area contributed by atoms with E-state index < -0.39 is 0 Å². The first-order valence-corrected chi connectivity index (χ1v) is 7.23. The van der Waals surface area contributed by atoms with E-state index in [-0.39, 0.29) is 11.7 Å². The highest BCUT2D eigenvalue weighted by Gasteiger charge is 2.07. The Labute approximate surface area is 121 Å². The number of carbonyl (C=O) groups is 1. The quantitative estimate of drug-likeness (QED) is 0.756. The Hall–Kier alpha value is -2.02. The molecule has 0 atom stereocenters. The van der Waals surface area contributed by atoms with Crippen LogP contribution in [-0.4, -0.2) is 21.8 Å². The van der Waals surface area contributed by atoms with Gasteiger partial charge in [-0.2, -0.15) is 4.98 Å². The van der Waals surface area contributed by atoms with Crippen molar-refractivity contribution >= 4 is 23.4 Å². The molecule has 2 aromatic rings. The summed E-state index contributed by atoms with van der Waals surface area (Å²) in [7, 11) is 0. The van der Waals surface area contributed by atoms with E-state index >= 15 is 0 Å². The van der Waals surface area contributed by atoms with Gasteiger partial charge >= 0.3 is 0 Å². The van der Waals surface area contributed by atoms with Crippen LogP contribution in [0.1, 0.15) is 18.6 Å². The van der Waals surface area contributed by atoms with Gasteiger partial charge < -0.3 is 15.6 Å². The van der Waals surface area contributed by atoms with Crippen molar-refractivity contribution in [1.82, 2.24) is 10.1 Å². The Morgan fingerprint density at radius 1 is 1.45 bits per heavy atom. The zero-order valence-corrected chi connectivity index (χ0v) is 11.9. The minimum atomic E-state index is -0.339. The van der Waals surface area contributed by atoms with Gasteiger partial charge in [0, 0.05) is 17.0 Å². The number of thioether (sulfide) groups is 1. The van der Waals surface area contributed by atoms with E-state index in [4.69, 9.17) is 10.3 Å². The number of hydrogen-bond acceptors (Lipinski definition) is 6. The second-order valence-electron chi connectivity index (χ2n) is 4.06. The minimum absolute atomic E-state index is 0.249. The Balaban J connectivity index is 1.99. The standard InChI is InChI=1S/C13H16N4O2S/c1-2-12-16-13(19-17-12)7-15-9-5-3-4-6-10(9)20-8-11(14)18/h3-6,15H,2,7-8H2,1H3,(H2,14,18). The molecule has 0 saturated carbocycles. The number of hydrogen-bond donors (Lipinski definition) is 2. The van der Waals surface area contributed by atoms with Crippen molar-refractivity contribution in [3.05, 3.63) is 36.0 Å². The summed E-state index contributed by atoms with van der Waals surface area (Å²) in [5, 5.41) is 7.06. The second-order valence-corrected chi connectivity index (χ2v) is 5.08. The molecule has 0 spiro atoms. The molecule has 0 unspecified atom stereocenters. The van der Waals surface area contributed by atoms with Gasteiger partial charge in [-0.15, -0.1) is 11.8 Å². The van der Waals surface area contributed by atoms with Crippen LogP contribution in [-0.2, 0) is 17.8 Å². The lowest BCUT2D eigenvalue weighted by Gasteiger charge is -2.09. The summed E-state index contributed by atoms with van der Waals surface area (Å²) in [4.78, 5) is 16.0. The lowest BCUT2D eigenvalue weighted by atomic mass is 10.3. The van der Waals surface area contributed by atoms with Crippen molar-refractivity contribution in [3.63, 3.8) is 0 Å². The van der Waals surface area contributed by atoms with Gasteiger partial charge in [0.15, 0.2) is 5.82 Å². The maximum Gasteiger partial charge on any atom is 0.245 e. The Morgan fingerprint density at radius 2 is 2.25 bits per heavy atom. The second kappa shape index (κ2) is 6.95. The average Bonchev–Trinajstić information content (AvgIpc) is 2.91. The molecule has 0 fully saturated rings. The third-order valence-electron chi connectivity index (χ3n) is 2.51. The molecule has 0 aliphatic carbocycles. The molecule has 7 heteroatoms. The first-order valence-electron chi connectivity index (χ1n) is 6.24. The van der Waals surface area contributed by atoms with Crippen molar-refractivity contribution < 1.29 is 9.32 Å². The van der Waals surface area contributed by atoms with Gasteiger partial charge in [-0.25, -0.2) is 0 Å². The van der Waals surface area contributed by atoms with Crippen LogP contribution in [0.3, 0.4) is 0 Å². The number of benzene rings is 1. The molecule has 0 aliphatic rings. The maximum atomic E-state index is 10.8. The average molecular weight is 292 g/mol. The fourth-order valence-electron chi connectivity index (χ4n) is 1.56. The van der Waals surface area contributed by atoms with Crippen molar-refractivity contribution in [1.29, 1.82) is 0 Å². The molecule has 0 saturated heterocycles. The van der Waals surface area contributed by atoms with Crippen LogP contribution in [0, 0.1) is 0 Å². The number of nitrogens with two attached hydrogens (primary N) is 1. The monoisotopic (exact) mass is 292 g/mol. The SMILES string of the molecule is CCc1noc(CNc2ccccc2SCC(N)=O)n1. The number of carbonyl (C=O) groups excluding carboxylic acids is 1. The summed E-state index contributed by atoms with van der Waals surface area (Å²) < 4.78 is 5.11. The van der Waals surface area contributed by atoms with Crippen molar-refractivity contribution in [3.8, 4) is 0 Å². The molecule has 3 N–H and O–H groups in total. The van der Waals surface area contributed by atoms with E-state index in [9.17, 15) is 4.79 Å². The molecule has 2 rings (SSSR count). The van der Waals surface area contributed by atoms with Gasteiger partial charge in [0.05, 0.1) is 12.3 Å². The van der Waals surface area contributed by atoms with Crippen LogP contribution in [0.25, 0.3) is 0 Å². The number of primary amides is 1.